The molecule has 18 heavy (non-hydrogen) atoms. The maximum absolute atomic E-state index is 10.3. The first-order valence-electron chi connectivity index (χ1n) is 6.64. The third-order valence-corrected chi connectivity index (χ3v) is 3.73. The van der Waals surface area contributed by atoms with Crippen LogP contribution in [-0.2, 0) is 0 Å². The zero-order valence-electron chi connectivity index (χ0n) is 10.7. The van der Waals surface area contributed by atoms with Gasteiger partial charge in [-0.25, -0.2) is 0 Å². The first-order valence-corrected chi connectivity index (χ1v) is 6.64. The summed E-state index contributed by atoms with van der Waals surface area (Å²) >= 11 is 0. The Bertz CT molecular complexity index is 451. The number of aliphatic hydroxyl groups excluding tert-OH is 1. The molecule has 94 valence electrons. The summed E-state index contributed by atoms with van der Waals surface area (Å²) in [7, 11) is 0. The fraction of sp³-hybridized carbons (Fsp3) is 0.412. The van der Waals surface area contributed by atoms with E-state index < -0.39 is 0 Å². The summed E-state index contributed by atoms with van der Waals surface area (Å²) in [4.78, 5) is 0. The number of hydrogen-bond donors (Lipinski definition) is 1. The molecule has 0 unspecified atom stereocenters. The van der Waals surface area contributed by atoms with E-state index in [0.29, 0.717) is 0 Å². The second kappa shape index (κ2) is 5.89. The summed E-state index contributed by atoms with van der Waals surface area (Å²) in [5.74, 6) is 6.54. The lowest BCUT2D eigenvalue weighted by Gasteiger charge is -2.36. The van der Waals surface area contributed by atoms with Gasteiger partial charge in [0.05, 0.1) is 11.5 Å². The molecule has 1 saturated carbocycles. The summed E-state index contributed by atoms with van der Waals surface area (Å²) in [6.07, 6.45) is 6.42. The highest BCUT2D eigenvalue weighted by Crippen LogP contribution is 2.39. The third kappa shape index (κ3) is 2.83. The quantitative estimate of drug-likeness (QED) is 0.619. The fourth-order valence-electron chi connectivity index (χ4n) is 2.63. The molecule has 0 bridgehead atoms. The van der Waals surface area contributed by atoms with Gasteiger partial charge in [-0.3, -0.25) is 0 Å². The molecule has 0 aliphatic heterocycles. The van der Waals surface area contributed by atoms with Crippen LogP contribution in [0.5, 0.6) is 0 Å². The molecule has 1 aromatic carbocycles. The smallest absolute Gasteiger partial charge is 0.0708 e. The predicted molar refractivity (Wildman–Crippen MR) is 75.0 cm³/mol. The lowest BCUT2D eigenvalue weighted by Crippen LogP contribution is -2.36. The van der Waals surface area contributed by atoms with Crippen molar-refractivity contribution in [2.45, 2.75) is 38.2 Å². The van der Waals surface area contributed by atoms with Crippen molar-refractivity contribution < 1.29 is 5.11 Å². The highest BCUT2D eigenvalue weighted by atomic mass is 16.3. The third-order valence-electron chi connectivity index (χ3n) is 3.73. The van der Waals surface area contributed by atoms with Crippen LogP contribution in [0.15, 0.2) is 43.0 Å². The maximum Gasteiger partial charge on any atom is 0.0708 e. The number of allylic oxidation sites excluding steroid dienone is 1. The Morgan fingerprint density at radius 1 is 1.33 bits per heavy atom. The molecule has 1 fully saturated rings. The SMILES string of the molecule is C=CC[C@@]1(C#Cc2ccccc2)CCCC[C@@H]1O. The lowest BCUT2D eigenvalue weighted by molar-refractivity contribution is 0.0291. The van der Waals surface area contributed by atoms with Gasteiger partial charge in [-0.1, -0.05) is 49.0 Å². The lowest BCUT2D eigenvalue weighted by atomic mass is 9.70. The molecule has 2 rings (SSSR count). The minimum absolute atomic E-state index is 0.282. The van der Waals surface area contributed by atoms with Gasteiger partial charge >= 0.3 is 0 Å². The molecule has 1 aromatic rings. The van der Waals surface area contributed by atoms with Crippen molar-refractivity contribution in [3.05, 3.63) is 48.6 Å². The van der Waals surface area contributed by atoms with Gasteiger partial charge in [0.15, 0.2) is 0 Å². The zero-order chi connectivity index (χ0) is 12.8. The van der Waals surface area contributed by atoms with Crippen molar-refractivity contribution in [3.8, 4) is 11.8 Å². The van der Waals surface area contributed by atoms with Crippen molar-refractivity contribution in [3.63, 3.8) is 0 Å². The summed E-state index contributed by atoms with van der Waals surface area (Å²) in [6, 6.07) is 9.97. The number of hydrogen-bond acceptors (Lipinski definition) is 1. The van der Waals surface area contributed by atoms with Crippen LogP contribution in [0.3, 0.4) is 0 Å². The molecule has 0 heterocycles. The second-order valence-corrected chi connectivity index (χ2v) is 5.03. The van der Waals surface area contributed by atoms with E-state index in [0.717, 1.165) is 37.7 Å². The Morgan fingerprint density at radius 2 is 2.11 bits per heavy atom. The summed E-state index contributed by atoms with van der Waals surface area (Å²) in [5.41, 5.74) is 0.731. The van der Waals surface area contributed by atoms with Gasteiger partial charge in [0.25, 0.3) is 0 Å². The van der Waals surface area contributed by atoms with Gasteiger partial charge < -0.3 is 5.11 Å². The first-order chi connectivity index (χ1) is 8.77. The Balaban J connectivity index is 2.26. The first kappa shape index (κ1) is 12.9. The molecule has 0 spiro atoms. The average molecular weight is 240 g/mol. The molecule has 0 radical (unpaired) electrons. The van der Waals surface area contributed by atoms with Crippen LogP contribution >= 0.6 is 0 Å². The molecule has 1 heteroatoms. The van der Waals surface area contributed by atoms with E-state index in [9.17, 15) is 5.11 Å². The minimum atomic E-state index is -0.319. The molecule has 1 N–H and O–H groups in total. The van der Waals surface area contributed by atoms with Crippen LogP contribution < -0.4 is 0 Å². The molecular weight excluding hydrogens is 220 g/mol. The van der Waals surface area contributed by atoms with E-state index >= 15 is 0 Å². The molecule has 1 aliphatic rings. The number of aliphatic hydroxyl groups is 1. The van der Waals surface area contributed by atoms with Gasteiger partial charge in [-0.05, 0) is 31.4 Å². The number of benzene rings is 1. The van der Waals surface area contributed by atoms with E-state index in [1.54, 1.807) is 0 Å². The average Bonchev–Trinajstić information content (AvgIpc) is 2.41. The monoisotopic (exact) mass is 240 g/mol. The Kier molecular flexibility index (Phi) is 4.23. The van der Waals surface area contributed by atoms with E-state index in [4.69, 9.17) is 0 Å². The maximum atomic E-state index is 10.3. The number of rotatable bonds is 2. The van der Waals surface area contributed by atoms with Gasteiger partial charge in [-0.15, -0.1) is 6.58 Å². The van der Waals surface area contributed by atoms with Crippen molar-refractivity contribution in [1.29, 1.82) is 0 Å². The predicted octanol–water partition coefficient (Wildman–Crippen LogP) is 3.54. The molecule has 0 aromatic heterocycles. The molecule has 1 nitrogen and oxygen atoms in total. The summed E-state index contributed by atoms with van der Waals surface area (Å²) in [5, 5.41) is 10.3. The van der Waals surface area contributed by atoms with Crippen molar-refractivity contribution in [1.82, 2.24) is 0 Å². The van der Waals surface area contributed by atoms with Crippen LogP contribution in [0.25, 0.3) is 0 Å². The van der Waals surface area contributed by atoms with E-state index in [1.807, 2.05) is 36.4 Å². The Labute approximate surface area is 110 Å². The zero-order valence-corrected chi connectivity index (χ0v) is 10.7. The highest BCUT2D eigenvalue weighted by Gasteiger charge is 2.37. The summed E-state index contributed by atoms with van der Waals surface area (Å²) < 4.78 is 0. The van der Waals surface area contributed by atoms with E-state index in [-0.39, 0.29) is 11.5 Å². The van der Waals surface area contributed by atoms with E-state index in [1.165, 1.54) is 0 Å². The normalized spacial score (nSPS) is 27.1. The molecule has 1 aliphatic carbocycles. The fourth-order valence-corrected chi connectivity index (χ4v) is 2.63. The van der Waals surface area contributed by atoms with Gasteiger partial charge in [0, 0.05) is 5.56 Å². The Hall–Kier alpha value is -1.52. The standard InChI is InChI=1S/C17H20O/c1-2-12-17(13-7-6-10-16(17)18)14-11-15-8-4-3-5-9-15/h2-5,8-9,16,18H,1,6-7,10,12-13H2/t16-,17-/m0/s1. The van der Waals surface area contributed by atoms with Gasteiger partial charge in [-0.2, -0.15) is 0 Å². The van der Waals surface area contributed by atoms with Crippen molar-refractivity contribution in [2.24, 2.45) is 5.41 Å². The topological polar surface area (TPSA) is 20.2 Å². The van der Waals surface area contributed by atoms with Gasteiger partial charge in [0.2, 0.25) is 0 Å². The van der Waals surface area contributed by atoms with Crippen molar-refractivity contribution in [2.75, 3.05) is 0 Å². The highest BCUT2D eigenvalue weighted by molar-refractivity contribution is 5.36. The molecular formula is C17H20O. The van der Waals surface area contributed by atoms with Gasteiger partial charge in [0.1, 0.15) is 0 Å². The Morgan fingerprint density at radius 3 is 2.78 bits per heavy atom. The van der Waals surface area contributed by atoms with Crippen LogP contribution in [0.2, 0.25) is 0 Å². The van der Waals surface area contributed by atoms with Crippen LogP contribution in [0, 0.1) is 17.3 Å². The van der Waals surface area contributed by atoms with Crippen LogP contribution in [0.4, 0.5) is 0 Å². The molecule has 0 saturated heterocycles. The minimum Gasteiger partial charge on any atom is -0.392 e. The van der Waals surface area contributed by atoms with Crippen molar-refractivity contribution >= 4 is 0 Å². The van der Waals surface area contributed by atoms with E-state index in [2.05, 4.69) is 18.4 Å². The summed E-state index contributed by atoms with van der Waals surface area (Å²) in [6.45, 7) is 3.81. The molecule has 2 atom stereocenters. The molecule has 0 amide bonds. The van der Waals surface area contributed by atoms with Crippen LogP contribution in [0.1, 0.15) is 37.7 Å². The second-order valence-electron chi connectivity index (χ2n) is 5.03. The largest absolute Gasteiger partial charge is 0.392 e. The van der Waals surface area contributed by atoms with Crippen LogP contribution in [-0.4, -0.2) is 11.2 Å².